The van der Waals surface area contributed by atoms with Crippen molar-refractivity contribution in [1.82, 2.24) is 0 Å². The largest absolute Gasteiger partial charge is 0.495 e. The van der Waals surface area contributed by atoms with Crippen molar-refractivity contribution >= 4 is 21.9 Å². The van der Waals surface area contributed by atoms with Gasteiger partial charge in [0.25, 0.3) is 0 Å². The Balaban J connectivity index is 2.26. The molecule has 2 atom stereocenters. The molecule has 0 bridgehead atoms. The van der Waals surface area contributed by atoms with E-state index in [9.17, 15) is 12.8 Å². The topological polar surface area (TPSA) is 129 Å². The summed E-state index contributed by atoms with van der Waals surface area (Å²) in [5, 5.41) is 0. The Kier molecular flexibility index (Phi) is 6.06. The van der Waals surface area contributed by atoms with Crippen LogP contribution in [-0.2, 0) is 15.4 Å². The zero-order valence-corrected chi connectivity index (χ0v) is 18.5. The predicted molar refractivity (Wildman–Crippen MR) is 117 cm³/mol. The molecule has 0 saturated carbocycles. The molecule has 0 aromatic heterocycles. The Hall–Kier alpha value is -2.98. The first-order valence-electron chi connectivity index (χ1n) is 9.48. The number of nitrogens with two attached hydrogens (primary N) is 2. The first-order chi connectivity index (χ1) is 14.5. The summed E-state index contributed by atoms with van der Waals surface area (Å²) in [6.07, 6.45) is 1.59. The maximum Gasteiger partial charge on any atom is 0.225 e. The van der Waals surface area contributed by atoms with Gasteiger partial charge in [0.05, 0.1) is 13.3 Å². The van der Waals surface area contributed by atoms with Crippen molar-refractivity contribution in [3.8, 4) is 11.5 Å². The predicted octanol–water partition coefficient (Wildman–Crippen LogP) is 2.32. The van der Waals surface area contributed by atoms with E-state index >= 15 is 0 Å². The summed E-state index contributed by atoms with van der Waals surface area (Å²) in [6, 6.07) is 8.52. The lowest BCUT2D eigenvalue weighted by molar-refractivity contribution is 0.209. The number of nitrogens with zero attached hydrogens (tertiary/aromatic N) is 2. The van der Waals surface area contributed by atoms with Gasteiger partial charge in [-0.1, -0.05) is 26.0 Å². The van der Waals surface area contributed by atoms with E-state index in [1.165, 1.54) is 43.7 Å². The van der Waals surface area contributed by atoms with E-state index in [0.717, 1.165) is 6.26 Å². The van der Waals surface area contributed by atoms with E-state index < -0.39 is 27.5 Å². The Morgan fingerprint density at radius 2 is 1.81 bits per heavy atom. The number of ether oxygens (including phenoxy) is 2. The number of hydrogen-bond acceptors (Lipinski definition) is 8. The molecule has 166 valence electrons. The van der Waals surface area contributed by atoms with E-state index in [-0.39, 0.29) is 28.1 Å². The quantitative estimate of drug-likeness (QED) is 0.698. The minimum atomic E-state index is -3.63. The van der Waals surface area contributed by atoms with Crippen molar-refractivity contribution in [1.29, 1.82) is 0 Å². The molecule has 0 amide bonds. The molecule has 2 aromatic carbocycles. The molecule has 1 heterocycles. The third kappa shape index (κ3) is 4.40. The number of amidine groups is 1. The normalized spacial score (nSPS) is 21.1. The molecule has 0 fully saturated rings. The molecule has 8 nitrogen and oxygen atoms in total. The van der Waals surface area contributed by atoms with Gasteiger partial charge in [0.2, 0.25) is 5.60 Å². The van der Waals surface area contributed by atoms with Gasteiger partial charge in [-0.05, 0) is 24.1 Å². The average molecular weight is 449 g/mol. The van der Waals surface area contributed by atoms with Gasteiger partial charge in [0.15, 0.2) is 22.0 Å². The number of rotatable bonds is 6. The van der Waals surface area contributed by atoms with Crippen LogP contribution in [-0.4, -0.2) is 40.1 Å². The molecular weight excluding hydrogens is 423 g/mol. The minimum absolute atomic E-state index is 0.00744. The Morgan fingerprint density at radius 1 is 1.16 bits per heavy atom. The number of methoxy groups -OCH3 is 1. The highest BCUT2D eigenvalue weighted by Gasteiger charge is 2.41. The second-order valence-corrected chi connectivity index (χ2v) is 9.50. The number of halogens is 1. The molecule has 2 unspecified atom stereocenters. The van der Waals surface area contributed by atoms with Crippen LogP contribution in [0.4, 0.5) is 4.39 Å². The molecule has 4 N–H and O–H groups in total. The van der Waals surface area contributed by atoms with Gasteiger partial charge in [-0.2, -0.15) is 0 Å². The van der Waals surface area contributed by atoms with Crippen LogP contribution in [0.3, 0.4) is 0 Å². The Morgan fingerprint density at radius 3 is 2.32 bits per heavy atom. The number of hydrogen-bond donors (Lipinski definition) is 2. The molecule has 0 spiro atoms. The fraction of sp³-hybridized carbons (Fsp3) is 0.333. The Labute approximate surface area is 180 Å². The first kappa shape index (κ1) is 22.7. The smallest absolute Gasteiger partial charge is 0.225 e. The molecule has 31 heavy (non-hydrogen) atoms. The van der Waals surface area contributed by atoms with Gasteiger partial charge in [0, 0.05) is 23.4 Å². The van der Waals surface area contributed by atoms with Crippen LogP contribution in [0.25, 0.3) is 0 Å². The molecule has 0 saturated heterocycles. The molecule has 3 rings (SSSR count). The lowest BCUT2D eigenvalue weighted by atomic mass is 9.91. The first-order valence-corrected chi connectivity index (χ1v) is 11.4. The standard InChI is InChI=1S/C21H25FN4O4S/c1-12(2)15-9-17(29-3)18(31(4,27)28)10-16(15)30-21(11-25-20(24)26-19(21)23)13-5-7-14(22)8-6-13/h5-12,20H,24H2,1-4H3,(H2,23,26). The molecule has 0 aliphatic carbocycles. The third-order valence-corrected chi connectivity index (χ3v) is 6.04. The summed E-state index contributed by atoms with van der Waals surface area (Å²) in [6.45, 7) is 3.85. The second-order valence-electron chi connectivity index (χ2n) is 7.52. The van der Waals surface area contributed by atoms with Gasteiger partial charge in [0.1, 0.15) is 22.2 Å². The van der Waals surface area contributed by atoms with Crippen LogP contribution in [0.5, 0.6) is 11.5 Å². The maximum absolute atomic E-state index is 13.6. The summed E-state index contributed by atoms with van der Waals surface area (Å²) in [4.78, 5) is 8.22. The van der Waals surface area contributed by atoms with Gasteiger partial charge >= 0.3 is 0 Å². The monoisotopic (exact) mass is 448 g/mol. The van der Waals surface area contributed by atoms with E-state index in [4.69, 9.17) is 20.9 Å². The van der Waals surface area contributed by atoms with Crippen molar-refractivity contribution in [2.24, 2.45) is 21.5 Å². The van der Waals surface area contributed by atoms with E-state index in [1.807, 2.05) is 13.8 Å². The highest BCUT2D eigenvalue weighted by molar-refractivity contribution is 7.90. The summed E-state index contributed by atoms with van der Waals surface area (Å²) in [7, 11) is -2.24. The van der Waals surface area contributed by atoms with Crippen molar-refractivity contribution in [3.05, 3.63) is 53.3 Å². The second kappa shape index (κ2) is 8.27. The third-order valence-electron chi connectivity index (χ3n) is 4.92. The highest BCUT2D eigenvalue weighted by atomic mass is 32.2. The Bertz CT molecular complexity index is 1150. The van der Waals surface area contributed by atoms with E-state index in [1.54, 1.807) is 6.07 Å². The summed E-state index contributed by atoms with van der Waals surface area (Å²) >= 11 is 0. The van der Waals surface area contributed by atoms with Crippen molar-refractivity contribution in [3.63, 3.8) is 0 Å². The van der Waals surface area contributed by atoms with Crippen molar-refractivity contribution in [2.45, 2.75) is 36.6 Å². The van der Waals surface area contributed by atoms with Crippen LogP contribution in [0, 0.1) is 5.82 Å². The van der Waals surface area contributed by atoms with Gasteiger partial charge in [-0.3, -0.25) is 10.7 Å². The van der Waals surface area contributed by atoms with E-state index in [0.29, 0.717) is 11.1 Å². The lowest BCUT2D eigenvalue weighted by Gasteiger charge is -2.34. The molecule has 1 aliphatic heterocycles. The van der Waals surface area contributed by atoms with Crippen LogP contribution >= 0.6 is 0 Å². The van der Waals surface area contributed by atoms with Gasteiger partial charge in [-0.25, -0.2) is 17.8 Å². The van der Waals surface area contributed by atoms with Gasteiger partial charge in [-0.15, -0.1) is 0 Å². The maximum atomic E-state index is 13.6. The van der Waals surface area contributed by atoms with Crippen molar-refractivity contribution < 1.29 is 22.3 Å². The van der Waals surface area contributed by atoms with Crippen LogP contribution < -0.4 is 20.9 Å². The average Bonchev–Trinajstić information content (AvgIpc) is 2.69. The zero-order chi connectivity index (χ0) is 23.0. The fourth-order valence-corrected chi connectivity index (χ4v) is 4.12. The summed E-state index contributed by atoms with van der Waals surface area (Å²) in [5.74, 6) is -0.0294. The molecule has 2 aromatic rings. The molecule has 10 heteroatoms. The van der Waals surface area contributed by atoms with E-state index in [2.05, 4.69) is 9.98 Å². The van der Waals surface area contributed by atoms with Crippen LogP contribution in [0.2, 0.25) is 0 Å². The molecular formula is C21H25FN4O4S. The molecule has 0 radical (unpaired) electrons. The SMILES string of the molecule is COc1cc(C(C)C)c(OC2(c3ccc(F)cc3)C=NC(N)N=C2N)cc1S(C)(=O)=O. The number of aliphatic imine (C=N–C) groups is 2. The van der Waals surface area contributed by atoms with Crippen LogP contribution in [0.15, 0.2) is 51.3 Å². The summed E-state index contributed by atoms with van der Waals surface area (Å²) < 4.78 is 49.9. The fourth-order valence-electron chi connectivity index (χ4n) is 3.30. The lowest BCUT2D eigenvalue weighted by Crippen LogP contribution is -2.51. The number of sulfone groups is 1. The minimum Gasteiger partial charge on any atom is -0.495 e. The zero-order valence-electron chi connectivity index (χ0n) is 17.7. The van der Waals surface area contributed by atoms with Gasteiger partial charge < -0.3 is 15.2 Å². The molecule has 1 aliphatic rings. The highest BCUT2D eigenvalue weighted by Crippen LogP contribution is 2.39. The van der Waals surface area contributed by atoms with Crippen LogP contribution in [0.1, 0.15) is 30.9 Å². The summed E-state index contributed by atoms with van der Waals surface area (Å²) in [5.41, 5.74) is 11.6. The van der Waals surface area contributed by atoms with Crippen molar-refractivity contribution in [2.75, 3.05) is 13.4 Å². The number of benzene rings is 2.